The molecule has 5 rings (SSSR count). The van der Waals surface area contributed by atoms with Crippen LogP contribution in [0.4, 0.5) is 11.5 Å². The smallest absolute Gasteiger partial charge is 0.356 e. The molecule has 0 radical (unpaired) electrons. The lowest BCUT2D eigenvalue weighted by molar-refractivity contribution is -0.124. The lowest BCUT2D eigenvalue weighted by Gasteiger charge is -2.20. The van der Waals surface area contributed by atoms with Crippen LogP contribution in [0.5, 0.6) is 0 Å². The number of nitrogens with one attached hydrogen (secondary N) is 2. The van der Waals surface area contributed by atoms with Crippen molar-refractivity contribution in [2.24, 2.45) is 7.05 Å². The minimum absolute atomic E-state index is 0.0126. The number of ether oxygens (including phenoxy) is 1. The number of esters is 1. The van der Waals surface area contributed by atoms with Gasteiger partial charge >= 0.3 is 5.97 Å². The number of benzene rings is 3. The number of hydrogen-bond acceptors (Lipinski definition) is 8. The van der Waals surface area contributed by atoms with E-state index in [2.05, 4.69) is 20.2 Å². The Morgan fingerprint density at radius 1 is 0.909 bits per heavy atom. The molecule has 0 aliphatic carbocycles. The van der Waals surface area contributed by atoms with E-state index >= 15 is 0 Å². The van der Waals surface area contributed by atoms with Gasteiger partial charge in [0.15, 0.2) is 17.1 Å². The van der Waals surface area contributed by atoms with Crippen LogP contribution in [-0.2, 0) is 26.6 Å². The highest BCUT2D eigenvalue weighted by atomic mass is 35.5. The maximum Gasteiger partial charge on any atom is 0.356 e. The highest BCUT2D eigenvalue weighted by molar-refractivity contribution is 7.92. The second-order valence-electron chi connectivity index (χ2n) is 9.66. The van der Waals surface area contributed by atoms with Crippen LogP contribution in [-0.4, -0.2) is 41.2 Å². The number of carbonyl (C=O) groups excluding carboxylic acids is 2. The highest BCUT2D eigenvalue weighted by Crippen LogP contribution is 2.31. The van der Waals surface area contributed by atoms with Gasteiger partial charge in [0.1, 0.15) is 5.69 Å². The summed E-state index contributed by atoms with van der Waals surface area (Å²) in [5, 5.41) is 11.1. The van der Waals surface area contributed by atoms with E-state index in [-0.39, 0.29) is 39.2 Å². The molecule has 0 aliphatic heterocycles. The number of hydrogen-bond donors (Lipinski definition) is 2. The number of amides is 1. The number of halogens is 1. The molecule has 2 N–H and O–H groups in total. The number of aromatic nitrogens is 3. The van der Waals surface area contributed by atoms with E-state index in [1.165, 1.54) is 48.0 Å². The van der Waals surface area contributed by atoms with Crippen molar-refractivity contribution in [2.45, 2.75) is 24.3 Å². The zero-order valence-electron chi connectivity index (χ0n) is 23.5. The van der Waals surface area contributed by atoms with Gasteiger partial charge in [0, 0.05) is 23.7 Å². The third kappa shape index (κ3) is 6.31. The number of sulfonamides is 1. The summed E-state index contributed by atoms with van der Waals surface area (Å²) in [6.07, 6.45) is -1.07. The summed E-state index contributed by atoms with van der Waals surface area (Å²) >= 11 is 5.69. The summed E-state index contributed by atoms with van der Waals surface area (Å²) in [7, 11) is -2.51. The number of rotatable bonds is 9. The summed E-state index contributed by atoms with van der Waals surface area (Å²) < 4.78 is 34.6. The molecule has 5 aromatic rings. The first-order valence-corrected chi connectivity index (χ1v) is 15.3. The lowest BCUT2D eigenvalue weighted by atomic mass is 9.97. The van der Waals surface area contributed by atoms with Crippen molar-refractivity contribution in [1.82, 2.24) is 14.8 Å². The van der Waals surface area contributed by atoms with Gasteiger partial charge in [-0.2, -0.15) is 0 Å². The van der Waals surface area contributed by atoms with Crippen molar-refractivity contribution in [3.8, 4) is 11.1 Å². The molecular formula is C31H26ClN5O6S. The molecule has 1 unspecified atom stereocenters. The number of pyridine rings is 1. The third-order valence-electron chi connectivity index (χ3n) is 6.78. The Labute approximate surface area is 257 Å². The summed E-state index contributed by atoms with van der Waals surface area (Å²) in [4.78, 5) is 39.9. The van der Waals surface area contributed by atoms with Crippen molar-refractivity contribution in [3.05, 3.63) is 112 Å². The van der Waals surface area contributed by atoms with Gasteiger partial charge in [-0.3, -0.25) is 14.3 Å². The number of nitrogens with zero attached hydrogens (tertiary/aromatic N) is 3. The van der Waals surface area contributed by atoms with Crippen LogP contribution in [0, 0.1) is 0 Å². The average Bonchev–Trinajstić information content (AvgIpc) is 3.03. The molecule has 0 saturated heterocycles. The van der Waals surface area contributed by atoms with Gasteiger partial charge in [0.05, 0.1) is 4.90 Å². The first-order valence-electron chi connectivity index (χ1n) is 13.4. The Morgan fingerprint density at radius 3 is 2.20 bits per heavy atom. The number of anilines is 2. The maximum absolute atomic E-state index is 13.7. The topological polar surface area (TPSA) is 149 Å². The van der Waals surface area contributed by atoms with E-state index in [1.807, 2.05) is 30.3 Å². The van der Waals surface area contributed by atoms with Gasteiger partial charge < -0.3 is 14.6 Å². The Kier molecular flexibility index (Phi) is 8.74. The molecule has 2 aromatic heterocycles. The van der Waals surface area contributed by atoms with Gasteiger partial charge in [0.25, 0.3) is 21.5 Å². The summed E-state index contributed by atoms with van der Waals surface area (Å²) in [6, 6.07) is 24.3. The van der Waals surface area contributed by atoms with Crippen molar-refractivity contribution in [3.63, 3.8) is 0 Å². The van der Waals surface area contributed by atoms with Crippen molar-refractivity contribution < 1.29 is 22.7 Å². The zero-order valence-corrected chi connectivity index (χ0v) is 25.1. The Balaban J connectivity index is 1.37. The van der Waals surface area contributed by atoms with Crippen LogP contribution in [0.3, 0.4) is 0 Å². The van der Waals surface area contributed by atoms with E-state index in [9.17, 15) is 22.8 Å². The molecule has 1 atom stereocenters. The third-order valence-corrected chi connectivity index (χ3v) is 8.35. The van der Waals surface area contributed by atoms with Crippen LogP contribution < -0.4 is 15.6 Å². The van der Waals surface area contributed by atoms with E-state index in [4.69, 9.17) is 16.3 Å². The van der Waals surface area contributed by atoms with E-state index in [1.54, 1.807) is 31.2 Å². The lowest BCUT2D eigenvalue weighted by Crippen LogP contribution is -2.34. The van der Waals surface area contributed by atoms with Crippen LogP contribution in [0.2, 0.25) is 5.15 Å². The molecule has 44 heavy (non-hydrogen) atoms. The maximum atomic E-state index is 13.7. The predicted octanol–water partition coefficient (Wildman–Crippen LogP) is 5.02. The van der Waals surface area contributed by atoms with Gasteiger partial charge in [-0.1, -0.05) is 67.1 Å². The molecule has 11 nitrogen and oxygen atoms in total. The molecular weight excluding hydrogens is 606 g/mol. The molecule has 2 heterocycles. The van der Waals surface area contributed by atoms with Crippen molar-refractivity contribution in [2.75, 3.05) is 10.0 Å². The van der Waals surface area contributed by atoms with Gasteiger partial charge in [-0.15, -0.1) is 10.2 Å². The molecule has 3 aromatic carbocycles. The molecule has 0 bridgehead atoms. The first-order chi connectivity index (χ1) is 21.1. The molecule has 0 fully saturated rings. The van der Waals surface area contributed by atoms with Crippen molar-refractivity contribution in [1.29, 1.82) is 0 Å². The van der Waals surface area contributed by atoms with Gasteiger partial charge in [-0.25, -0.2) is 13.2 Å². The van der Waals surface area contributed by atoms with Crippen LogP contribution in [0.1, 0.15) is 23.8 Å². The number of fused-ring (bicyclic) bond motifs is 1. The molecule has 13 heteroatoms. The summed E-state index contributed by atoms with van der Waals surface area (Å²) in [6.45, 7) is 1.68. The minimum Gasteiger partial charge on any atom is -0.448 e. The standard InChI is InChI=1S/C31H26ClN5O6S/c1-3-24(29(38)33-20-13-15-21(16-14-20)44(41,42)36-26-18-17-25(32)34-35-26)43-31(40)28-27(19-9-5-4-6-10-19)22-11-7-8-12-23(22)30(39)37(28)2/h4-18,24H,3H2,1-2H3,(H,33,38)(H,35,36). The largest absolute Gasteiger partial charge is 0.448 e. The van der Waals surface area contributed by atoms with E-state index in [0.717, 1.165) is 0 Å². The zero-order chi connectivity index (χ0) is 31.4. The predicted molar refractivity (Wildman–Crippen MR) is 167 cm³/mol. The SMILES string of the molecule is CCC(OC(=O)c1c(-c2ccccc2)c2ccccc2c(=O)n1C)C(=O)Nc1ccc(S(=O)(=O)Nc2ccc(Cl)nn2)cc1. The average molecular weight is 632 g/mol. The van der Waals surface area contributed by atoms with Crippen LogP contribution >= 0.6 is 11.6 Å². The quantitative estimate of drug-likeness (QED) is 0.215. The first kappa shape index (κ1) is 30.4. The van der Waals surface area contributed by atoms with Crippen LogP contribution in [0.15, 0.2) is 101 Å². The Bertz CT molecular complexity index is 2020. The van der Waals surface area contributed by atoms with Crippen molar-refractivity contribution >= 4 is 55.8 Å². The molecule has 1 amide bonds. The Morgan fingerprint density at radius 2 is 1.57 bits per heavy atom. The second kappa shape index (κ2) is 12.7. The summed E-state index contributed by atoms with van der Waals surface area (Å²) in [5.41, 5.74) is 1.13. The normalized spacial score (nSPS) is 12.0. The molecule has 0 saturated carbocycles. The molecule has 0 aliphatic rings. The van der Waals surface area contributed by atoms with E-state index in [0.29, 0.717) is 21.9 Å². The second-order valence-corrected chi connectivity index (χ2v) is 11.7. The highest BCUT2D eigenvalue weighted by Gasteiger charge is 2.28. The fourth-order valence-corrected chi connectivity index (χ4v) is 5.71. The van der Waals surface area contributed by atoms with Gasteiger partial charge in [0.2, 0.25) is 0 Å². The fraction of sp³-hybridized carbons (Fsp3) is 0.129. The monoisotopic (exact) mass is 631 g/mol. The number of carbonyl (C=O) groups is 2. The fourth-order valence-electron chi connectivity index (χ4n) is 4.62. The van der Waals surface area contributed by atoms with Gasteiger partial charge in [-0.05, 0) is 59.8 Å². The Hall–Kier alpha value is -5.07. The summed E-state index contributed by atoms with van der Waals surface area (Å²) in [5.74, 6) is -1.48. The minimum atomic E-state index is -3.99. The van der Waals surface area contributed by atoms with Crippen LogP contribution in [0.25, 0.3) is 21.9 Å². The molecule has 0 spiro atoms. The molecule has 224 valence electrons. The van der Waals surface area contributed by atoms with E-state index < -0.39 is 28.0 Å².